The van der Waals surface area contributed by atoms with E-state index in [0.29, 0.717) is 24.2 Å². The van der Waals surface area contributed by atoms with E-state index in [1.54, 1.807) is 24.3 Å². The normalized spacial score (nSPS) is 28.0. The number of benzene rings is 1. The molecule has 1 saturated heterocycles. The molecule has 6 nitrogen and oxygen atoms in total. The lowest BCUT2D eigenvalue weighted by molar-refractivity contribution is -0.171. The highest BCUT2D eigenvalue weighted by atomic mass is 16.5. The number of rotatable bonds is 3. The molecule has 24 heavy (non-hydrogen) atoms. The molecule has 1 N–H and O–H groups in total. The molecule has 0 radical (unpaired) electrons. The molecule has 1 aliphatic carbocycles. The summed E-state index contributed by atoms with van der Waals surface area (Å²) < 4.78 is 5.10. The van der Waals surface area contributed by atoms with Gasteiger partial charge in [-0.05, 0) is 36.5 Å². The quantitative estimate of drug-likeness (QED) is 0.862. The molecule has 2 atom stereocenters. The minimum absolute atomic E-state index is 0.259. The molecular weight excluding hydrogens is 308 g/mol. The fourth-order valence-corrected chi connectivity index (χ4v) is 3.85. The van der Waals surface area contributed by atoms with E-state index in [9.17, 15) is 14.4 Å². The zero-order valence-electron chi connectivity index (χ0n) is 14.4. The molecule has 6 heteroatoms. The summed E-state index contributed by atoms with van der Waals surface area (Å²) in [6.07, 6.45) is 1.32. The first-order chi connectivity index (χ1) is 11.2. The maximum atomic E-state index is 12.9. The van der Waals surface area contributed by atoms with E-state index in [-0.39, 0.29) is 17.7 Å². The van der Waals surface area contributed by atoms with Crippen molar-refractivity contribution in [1.82, 2.24) is 10.4 Å². The third-order valence-corrected chi connectivity index (χ3v) is 5.97. The van der Waals surface area contributed by atoms with Crippen LogP contribution in [0.4, 0.5) is 0 Å². The molecule has 1 aliphatic heterocycles. The SMILES string of the molecule is COc1cccc(C(=O)NN2C(=O)[C@@H]3CC[C@@](C)(C2=O)C3(C)C)c1. The fraction of sp³-hybridized carbons (Fsp3) is 0.500. The van der Waals surface area contributed by atoms with Crippen molar-refractivity contribution < 1.29 is 19.1 Å². The first kappa shape index (κ1) is 16.5. The molecule has 128 valence electrons. The number of amides is 3. The molecule has 2 bridgehead atoms. The molecule has 2 aliphatic rings. The van der Waals surface area contributed by atoms with E-state index in [1.165, 1.54) is 7.11 Å². The monoisotopic (exact) mass is 330 g/mol. The molecule has 0 unspecified atom stereocenters. The highest BCUT2D eigenvalue weighted by molar-refractivity contribution is 6.06. The molecule has 0 aromatic heterocycles. The van der Waals surface area contributed by atoms with Crippen LogP contribution in [-0.4, -0.2) is 29.8 Å². The second kappa shape index (κ2) is 5.33. The smallest absolute Gasteiger partial charge is 0.270 e. The van der Waals surface area contributed by atoms with Crippen LogP contribution < -0.4 is 10.2 Å². The van der Waals surface area contributed by atoms with Gasteiger partial charge in [-0.15, -0.1) is 0 Å². The van der Waals surface area contributed by atoms with E-state index in [2.05, 4.69) is 5.43 Å². The zero-order chi connectivity index (χ0) is 17.7. The third-order valence-electron chi connectivity index (χ3n) is 5.97. The van der Waals surface area contributed by atoms with Gasteiger partial charge in [0.05, 0.1) is 12.5 Å². The minimum atomic E-state index is -0.646. The summed E-state index contributed by atoms with van der Waals surface area (Å²) in [4.78, 5) is 38.1. The van der Waals surface area contributed by atoms with Gasteiger partial charge in [0, 0.05) is 11.5 Å². The summed E-state index contributed by atoms with van der Waals surface area (Å²) in [6.45, 7) is 5.80. The highest BCUT2D eigenvalue weighted by Gasteiger charge is 2.64. The van der Waals surface area contributed by atoms with Crippen LogP contribution in [0.15, 0.2) is 24.3 Å². The number of hydrazine groups is 1. The van der Waals surface area contributed by atoms with E-state index < -0.39 is 16.7 Å². The van der Waals surface area contributed by atoms with Crippen LogP contribution in [0.2, 0.25) is 0 Å². The van der Waals surface area contributed by atoms with Gasteiger partial charge in [0.25, 0.3) is 17.7 Å². The largest absolute Gasteiger partial charge is 0.497 e. The van der Waals surface area contributed by atoms with Gasteiger partial charge in [-0.2, -0.15) is 5.01 Å². The lowest BCUT2D eigenvalue weighted by Crippen LogP contribution is -2.63. The highest BCUT2D eigenvalue weighted by Crippen LogP contribution is 2.59. The van der Waals surface area contributed by atoms with Gasteiger partial charge in [-0.3, -0.25) is 19.8 Å². The Morgan fingerprint density at radius 1 is 1.29 bits per heavy atom. The van der Waals surface area contributed by atoms with Crippen LogP contribution in [-0.2, 0) is 9.59 Å². The Balaban J connectivity index is 1.87. The topological polar surface area (TPSA) is 75.7 Å². The number of fused-ring (bicyclic) bond motifs is 2. The van der Waals surface area contributed by atoms with Gasteiger partial charge in [-0.25, -0.2) is 0 Å². The van der Waals surface area contributed by atoms with E-state index in [4.69, 9.17) is 4.74 Å². The second-order valence-electron chi connectivity index (χ2n) is 7.30. The standard InChI is InChI=1S/C18H22N2O4/c1-17(2)13-8-9-18(17,3)16(23)20(15(13)22)19-14(21)11-6-5-7-12(10-11)24-4/h5-7,10,13H,8-9H2,1-4H3,(H,19,21)/t13-,18-/m0/s1. The third kappa shape index (κ3) is 2.12. The molecule has 1 saturated carbocycles. The number of carbonyl (C=O) groups excluding carboxylic acids is 3. The first-order valence-corrected chi connectivity index (χ1v) is 8.06. The molecule has 1 heterocycles. The van der Waals surface area contributed by atoms with Crippen LogP contribution in [0.3, 0.4) is 0 Å². The summed E-state index contributed by atoms with van der Waals surface area (Å²) in [7, 11) is 1.51. The fourth-order valence-electron chi connectivity index (χ4n) is 3.85. The van der Waals surface area contributed by atoms with Gasteiger partial charge in [-0.1, -0.05) is 26.8 Å². The van der Waals surface area contributed by atoms with Crippen molar-refractivity contribution in [3.63, 3.8) is 0 Å². The van der Waals surface area contributed by atoms with Crippen molar-refractivity contribution in [3.05, 3.63) is 29.8 Å². The molecule has 2 fully saturated rings. The molecule has 1 aromatic carbocycles. The van der Waals surface area contributed by atoms with Crippen molar-refractivity contribution in [2.75, 3.05) is 7.11 Å². The van der Waals surface area contributed by atoms with Gasteiger partial charge in [0.15, 0.2) is 0 Å². The maximum absolute atomic E-state index is 12.9. The van der Waals surface area contributed by atoms with Crippen molar-refractivity contribution >= 4 is 17.7 Å². The summed E-state index contributed by atoms with van der Waals surface area (Å²) in [5.74, 6) is -0.880. The number of nitrogens with zero attached hydrogens (tertiary/aromatic N) is 1. The van der Waals surface area contributed by atoms with Gasteiger partial charge in [0.2, 0.25) is 0 Å². The number of carbonyl (C=O) groups is 3. The lowest BCUT2D eigenvalue weighted by Gasteiger charge is -2.47. The molecular formula is C18H22N2O4. The number of hydrogen-bond acceptors (Lipinski definition) is 4. The average Bonchev–Trinajstić information content (AvgIpc) is 2.76. The Hall–Kier alpha value is -2.37. The predicted octanol–water partition coefficient (Wildman–Crippen LogP) is 2.15. The number of nitrogens with one attached hydrogen (secondary N) is 1. The average molecular weight is 330 g/mol. The number of imide groups is 1. The maximum Gasteiger partial charge on any atom is 0.270 e. The van der Waals surface area contributed by atoms with E-state index in [1.807, 2.05) is 20.8 Å². The second-order valence-corrected chi connectivity index (χ2v) is 7.30. The van der Waals surface area contributed by atoms with E-state index >= 15 is 0 Å². The number of ether oxygens (including phenoxy) is 1. The minimum Gasteiger partial charge on any atom is -0.497 e. The number of piperidine rings is 1. The van der Waals surface area contributed by atoms with Gasteiger partial charge in [0.1, 0.15) is 5.75 Å². The summed E-state index contributed by atoms with van der Waals surface area (Å²) in [5.41, 5.74) is 1.77. The Morgan fingerprint density at radius 2 is 2.00 bits per heavy atom. The van der Waals surface area contributed by atoms with Crippen molar-refractivity contribution in [3.8, 4) is 5.75 Å². The predicted molar refractivity (Wildman–Crippen MR) is 86.9 cm³/mol. The van der Waals surface area contributed by atoms with Crippen LogP contribution in [0, 0.1) is 16.7 Å². The van der Waals surface area contributed by atoms with Gasteiger partial charge >= 0.3 is 0 Å². The molecule has 0 spiro atoms. The Kier molecular flexibility index (Phi) is 3.66. The lowest BCUT2D eigenvalue weighted by atomic mass is 9.63. The van der Waals surface area contributed by atoms with Gasteiger partial charge < -0.3 is 4.74 Å². The molecule has 1 aromatic rings. The summed E-state index contributed by atoms with van der Waals surface area (Å²) in [5, 5.41) is 0.921. The molecule has 3 amide bonds. The van der Waals surface area contributed by atoms with Crippen LogP contribution in [0.25, 0.3) is 0 Å². The van der Waals surface area contributed by atoms with Crippen LogP contribution in [0.1, 0.15) is 44.0 Å². The summed E-state index contributed by atoms with van der Waals surface area (Å²) >= 11 is 0. The summed E-state index contributed by atoms with van der Waals surface area (Å²) in [6, 6.07) is 6.57. The Morgan fingerprint density at radius 3 is 2.67 bits per heavy atom. The number of hydrogen-bond donors (Lipinski definition) is 1. The van der Waals surface area contributed by atoms with Crippen molar-refractivity contribution in [2.45, 2.75) is 33.6 Å². The van der Waals surface area contributed by atoms with Crippen molar-refractivity contribution in [2.24, 2.45) is 16.7 Å². The van der Waals surface area contributed by atoms with Crippen molar-refractivity contribution in [1.29, 1.82) is 0 Å². The first-order valence-electron chi connectivity index (χ1n) is 8.06. The number of methoxy groups -OCH3 is 1. The van der Waals surface area contributed by atoms with E-state index in [0.717, 1.165) is 5.01 Å². The Bertz CT molecular complexity index is 727. The van der Waals surface area contributed by atoms with Crippen LogP contribution in [0.5, 0.6) is 5.75 Å². The zero-order valence-corrected chi connectivity index (χ0v) is 14.4. The van der Waals surface area contributed by atoms with Crippen LogP contribution >= 0.6 is 0 Å². The Labute approximate surface area is 141 Å². The molecule has 3 rings (SSSR count).